The van der Waals surface area contributed by atoms with Crippen molar-refractivity contribution in [2.45, 2.75) is 31.7 Å². The molecule has 0 radical (unpaired) electrons. The summed E-state index contributed by atoms with van der Waals surface area (Å²) in [6, 6.07) is 8.26. The van der Waals surface area contributed by atoms with E-state index in [2.05, 4.69) is 31.3 Å². The zero-order chi connectivity index (χ0) is 10.2. The number of hydrogen-bond donors (Lipinski definition) is 2. The molecular weight excluding hydrogens is 172 g/mol. The van der Waals surface area contributed by atoms with Gasteiger partial charge in [0, 0.05) is 17.8 Å². The Morgan fingerprint density at radius 1 is 1.29 bits per heavy atom. The first-order chi connectivity index (χ1) is 6.57. The number of anilines is 1. The molecule has 1 fully saturated rings. The van der Waals surface area contributed by atoms with Crippen LogP contribution in [0.1, 0.15) is 31.7 Å². The van der Waals surface area contributed by atoms with Crippen LogP contribution < -0.4 is 11.1 Å². The molecule has 0 spiro atoms. The van der Waals surface area contributed by atoms with Crippen LogP contribution in [0.4, 0.5) is 5.69 Å². The minimum atomic E-state index is 0.284. The standard InChI is InChI=1S/C12H18N2/c1-12(2)7-10(8-14-12)9-3-5-11(13)6-4-9/h3-6,10,14H,7-8,13H2,1-2H3. The highest BCUT2D eigenvalue weighted by Gasteiger charge is 2.30. The van der Waals surface area contributed by atoms with Crippen molar-refractivity contribution >= 4 is 5.69 Å². The lowest BCUT2D eigenvalue weighted by molar-refractivity contribution is 0.456. The Labute approximate surface area is 85.5 Å². The quantitative estimate of drug-likeness (QED) is 0.666. The fourth-order valence-electron chi connectivity index (χ4n) is 2.16. The molecule has 1 unspecified atom stereocenters. The molecule has 1 atom stereocenters. The molecule has 2 heteroatoms. The summed E-state index contributed by atoms with van der Waals surface area (Å²) >= 11 is 0. The van der Waals surface area contributed by atoms with Crippen molar-refractivity contribution in [1.82, 2.24) is 5.32 Å². The van der Waals surface area contributed by atoms with Crippen molar-refractivity contribution in [3.05, 3.63) is 29.8 Å². The maximum Gasteiger partial charge on any atom is 0.0314 e. The predicted molar refractivity (Wildman–Crippen MR) is 60.3 cm³/mol. The van der Waals surface area contributed by atoms with Crippen molar-refractivity contribution in [3.8, 4) is 0 Å². The molecule has 2 nitrogen and oxygen atoms in total. The van der Waals surface area contributed by atoms with E-state index in [9.17, 15) is 0 Å². The summed E-state index contributed by atoms with van der Waals surface area (Å²) in [6.07, 6.45) is 1.21. The molecule has 0 saturated carbocycles. The highest BCUT2D eigenvalue weighted by molar-refractivity contribution is 5.40. The number of benzene rings is 1. The van der Waals surface area contributed by atoms with Crippen molar-refractivity contribution in [2.75, 3.05) is 12.3 Å². The molecule has 0 bridgehead atoms. The normalized spacial score (nSPS) is 25.1. The van der Waals surface area contributed by atoms with Gasteiger partial charge in [-0.2, -0.15) is 0 Å². The summed E-state index contributed by atoms with van der Waals surface area (Å²) in [5.74, 6) is 0.644. The second-order valence-electron chi connectivity index (χ2n) is 4.83. The third-order valence-corrected chi connectivity index (χ3v) is 2.99. The SMILES string of the molecule is CC1(C)CC(c2ccc(N)cc2)CN1. The van der Waals surface area contributed by atoms with E-state index in [1.807, 2.05) is 12.1 Å². The van der Waals surface area contributed by atoms with Crippen molar-refractivity contribution < 1.29 is 0 Å². The highest BCUT2D eigenvalue weighted by Crippen LogP contribution is 2.31. The topological polar surface area (TPSA) is 38.0 Å². The van der Waals surface area contributed by atoms with Crippen LogP contribution in [0.15, 0.2) is 24.3 Å². The smallest absolute Gasteiger partial charge is 0.0314 e. The maximum absolute atomic E-state index is 5.66. The first kappa shape index (κ1) is 9.53. The molecule has 2 rings (SSSR count). The van der Waals surface area contributed by atoms with E-state index >= 15 is 0 Å². The van der Waals surface area contributed by atoms with E-state index in [1.54, 1.807) is 0 Å². The number of rotatable bonds is 1. The summed E-state index contributed by atoms with van der Waals surface area (Å²) in [5, 5.41) is 3.53. The molecule has 1 aromatic rings. The molecule has 76 valence electrons. The van der Waals surface area contributed by atoms with Crippen LogP contribution in [0.3, 0.4) is 0 Å². The highest BCUT2D eigenvalue weighted by atomic mass is 15.0. The number of hydrogen-bond acceptors (Lipinski definition) is 2. The van der Waals surface area contributed by atoms with Crippen LogP contribution in [0.5, 0.6) is 0 Å². The van der Waals surface area contributed by atoms with E-state index in [4.69, 9.17) is 5.73 Å². The molecule has 1 aliphatic rings. The Morgan fingerprint density at radius 3 is 2.43 bits per heavy atom. The number of nitrogens with one attached hydrogen (secondary N) is 1. The molecule has 1 aromatic carbocycles. The van der Waals surface area contributed by atoms with Crippen molar-refractivity contribution in [2.24, 2.45) is 0 Å². The summed E-state index contributed by atoms with van der Waals surface area (Å²) in [5.41, 5.74) is 8.19. The lowest BCUT2D eigenvalue weighted by Gasteiger charge is -2.17. The van der Waals surface area contributed by atoms with Crippen LogP contribution in [0.25, 0.3) is 0 Å². The van der Waals surface area contributed by atoms with Gasteiger partial charge in [0.1, 0.15) is 0 Å². The van der Waals surface area contributed by atoms with Crippen LogP contribution in [-0.4, -0.2) is 12.1 Å². The number of nitrogen functional groups attached to an aromatic ring is 1. The fourth-order valence-corrected chi connectivity index (χ4v) is 2.16. The Morgan fingerprint density at radius 2 is 1.93 bits per heavy atom. The average molecular weight is 190 g/mol. The van der Waals surface area contributed by atoms with E-state index in [1.165, 1.54) is 12.0 Å². The van der Waals surface area contributed by atoms with Gasteiger partial charge < -0.3 is 11.1 Å². The zero-order valence-electron chi connectivity index (χ0n) is 8.88. The minimum Gasteiger partial charge on any atom is -0.399 e. The summed E-state index contributed by atoms with van der Waals surface area (Å²) < 4.78 is 0. The van der Waals surface area contributed by atoms with Crippen LogP contribution >= 0.6 is 0 Å². The predicted octanol–water partition coefficient (Wildman–Crippen LogP) is 2.12. The lowest BCUT2D eigenvalue weighted by atomic mass is 9.91. The summed E-state index contributed by atoms with van der Waals surface area (Å²) in [4.78, 5) is 0. The van der Waals surface area contributed by atoms with Crippen LogP contribution in [-0.2, 0) is 0 Å². The molecule has 1 aliphatic heterocycles. The van der Waals surface area contributed by atoms with Gasteiger partial charge in [-0.25, -0.2) is 0 Å². The zero-order valence-corrected chi connectivity index (χ0v) is 8.88. The van der Waals surface area contributed by atoms with Gasteiger partial charge in [0.2, 0.25) is 0 Å². The second-order valence-corrected chi connectivity index (χ2v) is 4.83. The molecule has 14 heavy (non-hydrogen) atoms. The fraction of sp³-hybridized carbons (Fsp3) is 0.500. The van der Waals surface area contributed by atoms with E-state index in [0.717, 1.165) is 12.2 Å². The van der Waals surface area contributed by atoms with Gasteiger partial charge in [0.25, 0.3) is 0 Å². The summed E-state index contributed by atoms with van der Waals surface area (Å²) in [7, 11) is 0. The first-order valence-corrected chi connectivity index (χ1v) is 5.17. The largest absolute Gasteiger partial charge is 0.399 e. The van der Waals surface area contributed by atoms with Crippen LogP contribution in [0, 0.1) is 0 Å². The van der Waals surface area contributed by atoms with E-state index in [0.29, 0.717) is 5.92 Å². The maximum atomic E-state index is 5.66. The Kier molecular flexibility index (Phi) is 2.23. The first-order valence-electron chi connectivity index (χ1n) is 5.17. The van der Waals surface area contributed by atoms with Crippen LogP contribution in [0.2, 0.25) is 0 Å². The molecule has 0 amide bonds. The molecule has 0 aromatic heterocycles. The molecule has 0 aliphatic carbocycles. The Bertz CT molecular complexity index is 314. The van der Waals surface area contributed by atoms with Gasteiger partial charge in [-0.05, 0) is 43.9 Å². The molecule has 1 saturated heterocycles. The third-order valence-electron chi connectivity index (χ3n) is 2.99. The Balaban J connectivity index is 2.14. The second kappa shape index (κ2) is 3.28. The lowest BCUT2D eigenvalue weighted by Crippen LogP contribution is -2.31. The van der Waals surface area contributed by atoms with E-state index in [-0.39, 0.29) is 5.54 Å². The third kappa shape index (κ3) is 1.90. The van der Waals surface area contributed by atoms with Crippen molar-refractivity contribution in [1.29, 1.82) is 0 Å². The molecule has 1 heterocycles. The minimum absolute atomic E-state index is 0.284. The van der Waals surface area contributed by atoms with Gasteiger partial charge in [0.15, 0.2) is 0 Å². The number of nitrogens with two attached hydrogens (primary N) is 1. The average Bonchev–Trinajstić information content (AvgIpc) is 2.47. The van der Waals surface area contributed by atoms with Gasteiger partial charge in [-0.1, -0.05) is 12.1 Å². The van der Waals surface area contributed by atoms with Gasteiger partial charge in [-0.3, -0.25) is 0 Å². The Hall–Kier alpha value is -1.02. The van der Waals surface area contributed by atoms with Gasteiger partial charge in [-0.15, -0.1) is 0 Å². The van der Waals surface area contributed by atoms with Gasteiger partial charge >= 0.3 is 0 Å². The van der Waals surface area contributed by atoms with E-state index < -0.39 is 0 Å². The van der Waals surface area contributed by atoms with Gasteiger partial charge in [0.05, 0.1) is 0 Å². The monoisotopic (exact) mass is 190 g/mol. The molecule has 3 N–H and O–H groups in total. The summed E-state index contributed by atoms with van der Waals surface area (Å²) in [6.45, 7) is 5.59. The van der Waals surface area contributed by atoms with Crippen molar-refractivity contribution in [3.63, 3.8) is 0 Å². The molecular formula is C12H18N2.